The van der Waals surface area contributed by atoms with Gasteiger partial charge in [0, 0.05) is 38.4 Å². The van der Waals surface area contributed by atoms with E-state index >= 15 is 0 Å². The lowest BCUT2D eigenvalue weighted by atomic mass is 9.85. The molecule has 0 saturated carbocycles. The number of carbonyl (C=O) groups is 5. The first-order valence-electron chi connectivity index (χ1n) is 9.74. The molecule has 0 radical (unpaired) electrons. The van der Waals surface area contributed by atoms with Crippen LogP contribution in [0.1, 0.15) is 47.0 Å². The van der Waals surface area contributed by atoms with Crippen molar-refractivity contribution in [3.63, 3.8) is 0 Å². The van der Waals surface area contributed by atoms with Crippen molar-refractivity contribution in [2.24, 2.45) is 11.8 Å². The van der Waals surface area contributed by atoms with Crippen molar-refractivity contribution in [3.8, 4) is 0 Å². The monoisotopic (exact) mass is 445 g/mol. The Morgan fingerprint density at radius 2 is 1.70 bits per heavy atom. The minimum atomic E-state index is -0.683. The topological polar surface area (TPSA) is 126 Å². The van der Waals surface area contributed by atoms with Crippen LogP contribution >= 0.6 is 11.8 Å². The third-order valence-electron chi connectivity index (χ3n) is 4.99. The number of ether oxygens (including phenoxy) is 3. The molecule has 168 valence electrons. The van der Waals surface area contributed by atoms with Crippen LogP contribution < -0.4 is 0 Å². The van der Waals surface area contributed by atoms with E-state index in [9.17, 15) is 24.0 Å². The zero-order valence-electron chi connectivity index (χ0n) is 17.5. The maximum atomic E-state index is 12.0. The summed E-state index contributed by atoms with van der Waals surface area (Å²) in [5.41, 5.74) is -0.338. The molecule has 0 spiro atoms. The van der Waals surface area contributed by atoms with Crippen LogP contribution in [0, 0.1) is 11.8 Å². The molecular weight excluding hydrogens is 418 g/mol. The quantitative estimate of drug-likeness (QED) is 0.397. The molecule has 30 heavy (non-hydrogen) atoms. The number of hydrogen-bond acceptors (Lipinski definition) is 10. The van der Waals surface area contributed by atoms with Crippen molar-refractivity contribution in [1.29, 1.82) is 0 Å². The predicted molar refractivity (Wildman–Crippen MR) is 103 cm³/mol. The minimum absolute atomic E-state index is 0.0225. The number of amides is 2. The molecule has 11 heteroatoms. The lowest BCUT2D eigenvalue weighted by Crippen LogP contribution is -2.52. The molecule has 0 bridgehead atoms. The van der Waals surface area contributed by atoms with Crippen LogP contribution in [0.15, 0.2) is 0 Å². The Kier molecular flexibility index (Phi) is 8.65. The Balaban J connectivity index is 1.90. The van der Waals surface area contributed by atoms with E-state index in [1.165, 1.54) is 25.6 Å². The van der Waals surface area contributed by atoms with Crippen LogP contribution in [0.5, 0.6) is 0 Å². The van der Waals surface area contributed by atoms with Crippen LogP contribution in [0.3, 0.4) is 0 Å². The van der Waals surface area contributed by atoms with Gasteiger partial charge in [0.25, 0.3) is 11.8 Å². The molecule has 0 N–H and O–H groups in total. The molecule has 2 heterocycles. The molecule has 2 fully saturated rings. The minimum Gasteiger partial charge on any atom is -0.463 e. The molecule has 5 atom stereocenters. The Bertz CT molecular complexity index is 681. The van der Waals surface area contributed by atoms with E-state index in [1.807, 2.05) is 13.8 Å². The van der Waals surface area contributed by atoms with Crippen molar-refractivity contribution >= 4 is 41.5 Å². The van der Waals surface area contributed by atoms with Gasteiger partial charge in [-0.3, -0.25) is 19.2 Å². The average molecular weight is 445 g/mol. The molecule has 10 nitrogen and oxygen atoms in total. The number of thioether (sulfide) groups is 1. The largest absolute Gasteiger partial charge is 0.463 e. The summed E-state index contributed by atoms with van der Waals surface area (Å²) >= 11 is 1.36. The van der Waals surface area contributed by atoms with E-state index in [0.29, 0.717) is 10.8 Å². The molecule has 2 rings (SSSR count). The van der Waals surface area contributed by atoms with Crippen molar-refractivity contribution in [3.05, 3.63) is 0 Å². The molecule has 0 aromatic carbocycles. The predicted octanol–water partition coefficient (Wildman–Crippen LogP) is 1.21. The summed E-state index contributed by atoms with van der Waals surface area (Å²) in [7, 11) is 0. The van der Waals surface area contributed by atoms with Gasteiger partial charge in [0.05, 0.1) is 6.42 Å². The Labute approximate surface area is 178 Å². The highest BCUT2D eigenvalue weighted by Gasteiger charge is 2.44. The number of hydrogen-bond donors (Lipinski definition) is 0. The summed E-state index contributed by atoms with van der Waals surface area (Å²) in [4.78, 5) is 62.5. The maximum absolute atomic E-state index is 12.0. The normalized spacial score (nSPS) is 28.9. The van der Waals surface area contributed by atoms with Gasteiger partial charge in [-0.2, -0.15) is 0 Å². The fourth-order valence-corrected chi connectivity index (χ4v) is 4.51. The van der Waals surface area contributed by atoms with E-state index in [0.717, 1.165) is 0 Å². The summed E-state index contributed by atoms with van der Waals surface area (Å²) in [6, 6.07) is 0. The lowest BCUT2D eigenvalue weighted by Gasteiger charge is -2.43. The van der Waals surface area contributed by atoms with Crippen molar-refractivity contribution in [1.82, 2.24) is 5.06 Å². The van der Waals surface area contributed by atoms with Gasteiger partial charge in [-0.1, -0.05) is 13.8 Å². The van der Waals surface area contributed by atoms with Crippen LogP contribution in [0.4, 0.5) is 0 Å². The third kappa shape index (κ3) is 6.43. The Hall–Kier alpha value is -2.14. The molecule has 0 aromatic heterocycles. The van der Waals surface area contributed by atoms with Crippen LogP contribution in [-0.4, -0.2) is 64.8 Å². The highest BCUT2D eigenvalue weighted by molar-refractivity contribution is 7.99. The van der Waals surface area contributed by atoms with Crippen molar-refractivity contribution in [2.75, 3.05) is 12.4 Å². The number of carbonyl (C=O) groups excluding carboxylic acids is 5. The Morgan fingerprint density at radius 1 is 1.07 bits per heavy atom. The summed E-state index contributed by atoms with van der Waals surface area (Å²) < 4.78 is 16.5. The van der Waals surface area contributed by atoms with Crippen LogP contribution in [-0.2, 0) is 43.0 Å². The number of rotatable bonds is 8. The molecule has 0 aromatic rings. The first-order valence-corrected chi connectivity index (χ1v) is 10.8. The van der Waals surface area contributed by atoms with Gasteiger partial charge in [0.2, 0.25) is 0 Å². The first kappa shape index (κ1) is 24.1. The highest BCUT2D eigenvalue weighted by Crippen LogP contribution is 2.38. The number of imide groups is 1. The SMILES string of the molecule is CC(=O)OCC1O[C@H](SCCC(=O)ON2C(=O)CCC2=O)C(C)[C@@H](C)[C@H]1OC(C)=O. The highest BCUT2D eigenvalue weighted by atomic mass is 32.2. The fraction of sp³-hybridized carbons (Fsp3) is 0.737. The van der Waals surface area contributed by atoms with E-state index in [-0.39, 0.29) is 43.1 Å². The molecule has 2 unspecified atom stereocenters. The van der Waals surface area contributed by atoms with E-state index in [4.69, 9.17) is 19.0 Å². The second-order valence-electron chi connectivity index (χ2n) is 7.30. The molecule has 2 saturated heterocycles. The lowest BCUT2D eigenvalue weighted by molar-refractivity contribution is -0.197. The molecule has 0 aliphatic carbocycles. The summed E-state index contributed by atoms with van der Waals surface area (Å²) in [5.74, 6) is -2.42. The second-order valence-corrected chi connectivity index (χ2v) is 8.51. The van der Waals surface area contributed by atoms with Gasteiger partial charge in [-0.25, -0.2) is 4.79 Å². The van der Waals surface area contributed by atoms with Gasteiger partial charge in [0.1, 0.15) is 24.3 Å². The van der Waals surface area contributed by atoms with Gasteiger partial charge in [-0.05, 0) is 5.92 Å². The number of hydroxylamine groups is 2. The molecule has 2 aliphatic heterocycles. The zero-order valence-corrected chi connectivity index (χ0v) is 18.3. The zero-order chi connectivity index (χ0) is 22.4. The smallest absolute Gasteiger partial charge is 0.334 e. The summed E-state index contributed by atoms with van der Waals surface area (Å²) in [6.07, 6.45) is -1.14. The van der Waals surface area contributed by atoms with E-state index in [1.54, 1.807) is 0 Å². The molecular formula is C19H27NO9S. The Morgan fingerprint density at radius 3 is 2.27 bits per heavy atom. The fourth-order valence-electron chi connectivity index (χ4n) is 3.22. The maximum Gasteiger partial charge on any atom is 0.334 e. The average Bonchev–Trinajstić information content (AvgIpc) is 2.97. The molecule has 2 aliphatic rings. The third-order valence-corrected chi connectivity index (χ3v) is 6.30. The van der Waals surface area contributed by atoms with Crippen LogP contribution in [0.25, 0.3) is 0 Å². The molecule has 2 amide bonds. The number of nitrogens with zero attached hydrogens (tertiary/aromatic N) is 1. The van der Waals surface area contributed by atoms with Crippen molar-refractivity contribution < 1.29 is 43.0 Å². The van der Waals surface area contributed by atoms with Crippen LogP contribution in [0.2, 0.25) is 0 Å². The van der Waals surface area contributed by atoms with E-state index < -0.39 is 41.9 Å². The van der Waals surface area contributed by atoms with Gasteiger partial charge < -0.3 is 19.0 Å². The van der Waals surface area contributed by atoms with Gasteiger partial charge in [0.15, 0.2) is 0 Å². The van der Waals surface area contributed by atoms with Gasteiger partial charge >= 0.3 is 17.9 Å². The number of esters is 2. The van der Waals surface area contributed by atoms with E-state index in [2.05, 4.69) is 0 Å². The standard InChI is InChI=1S/C19H27NO9S/c1-10-11(2)19(28-14(9-26-12(3)21)18(10)27-13(4)22)30-8-7-17(25)29-20-15(23)5-6-16(20)24/h10-11,14,18-19H,5-9H2,1-4H3/t10-,11?,14?,18-,19-/m1/s1. The van der Waals surface area contributed by atoms with Crippen molar-refractivity contribution in [2.45, 2.75) is 64.6 Å². The van der Waals surface area contributed by atoms with Gasteiger partial charge in [-0.15, -0.1) is 16.8 Å². The summed E-state index contributed by atoms with van der Waals surface area (Å²) in [5, 5.41) is 0.521. The summed E-state index contributed by atoms with van der Waals surface area (Å²) in [6.45, 7) is 6.41. The first-order chi connectivity index (χ1) is 14.1. The second kappa shape index (κ2) is 10.8.